The van der Waals surface area contributed by atoms with Crippen molar-refractivity contribution in [2.45, 2.75) is 80.1 Å². The molecule has 4 bridgehead atoms. The molecule has 5 nitrogen and oxygen atoms in total. The van der Waals surface area contributed by atoms with Crippen molar-refractivity contribution in [2.24, 2.45) is 45.3 Å². The highest BCUT2D eigenvalue weighted by Crippen LogP contribution is 2.69. The van der Waals surface area contributed by atoms with Crippen molar-refractivity contribution < 1.29 is 9.59 Å². The Morgan fingerprint density at radius 1 is 0.812 bits per heavy atom. The van der Waals surface area contributed by atoms with E-state index in [1.54, 1.807) is 18.5 Å². The summed E-state index contributed by atoms with van der Waals surface area (Å²) < 4.78 is 0. The Morgan fingerprint density at radius 3 is 1.69 bits per heavy atom. The number of hydrogen-bond donors (Lipinski definition) is 2. The maximum absolute atomic E-state index is 13.4. The molecule has 0 aliphatic heterocycles. The lowest BCUT2D eigenvalue weighted by Gasteiger charge is -2.39. The predicted octanol–water partition coefficient (Wildman–Crippen LogP) is 5.88. The van der Waals surface area contributed by atoms with Gasteiger partial charge in [0.25, 0.3) is 0 Å². The molecule has 0 spiro atoms. The second-order valence-electron chi connectivity index (χ2n) is 12.7. The van der Waals surface area contributed by atoms with Crippen LogP contribution in [0.5, 0.6) is 0 Å². The van der Waals surface area contributed by atoms with Crippen LogP contribution < -0.4 is 10.6 Å². The van der Waals surface area contributed by atoms with E-state index in [0.29, 0.717) is 23.2 Å². The van der Waals surface area contributed by atoms with E-state index in [-0.39, 0.29) is 45.3 Å². The smallest absolute Gasteiger partial charge is 0.228 e. The zero-order chi connectivity index (χ0) is 23.1. The Kier molecular flexibility index (Phi) is 4.66. The summed E-state index contributed by atoms with van der Waals surface area (Å²) in [4.78, 5) is 31.0. The lowest BCUT2D eigenvalue weighted by atomic mass is 9.66. The molecule has 2 N–H and O–H groups in total. The van der Waals surface area contributed by atoms with E-state index in [0.717, 1.165) is 25.7 Å². The van der Waals surface area contributed by atoms with Crippen molar-refractivity contribution in [3.63, 3.8) is 0 Å². The summed E-state index contributed by atoms with van der Waals surface area (Å²) in [5.74, 6) is 1.39. The molecule has 4 aliphatic rings. The quantitative estimate of drug-likeness (QED) is 0.617. The Morgan fingerprint density at radius 2 is 1.28 bits per heavy atom. The Bertz CT molecular complexity index is 892. The second kappa shape index (κ2) is 6.80. The Labute approximate surface area is 192 Å². The van der Waals surface area contributed by atoms with Crippen LogP contribution >= 0.6 is 0 Å². The van der Waals surface area contributed by atoms with E-state index in [2.05, 4.69) is 57.2 Å². The van der Waals surface area contributed by atoms with Crippen molar-refractivity contribution in [3.05, 3.63) is 18.5 Å². The average Bonchev–Trinajstić information content (AvgIpc) is 3.26. The van der Waals surface area contributed by atoms with Crippen LogP contribution in [0.2, 0.25) is 0 Å². The minimum absolute atomic E-state index is 0.00489. The third kappa shape index (κ3) is 2.72. The van der Waals surface area contributed by atoms with E-state index in [1.165, 1.54) is 12.8 Å². The number of carbonyl (C=O) groups excluding carboxylic acids is 2. The molecule has 6 atom stereocenters. The van der Waals surface area contributed by atoms with Crippen LogP contribution in [0, 0.1) is 45.3 Å². The highest BCUT2D eigenvalue weighted by atomic mass is 16.2. The van der Waals surface area contributed by atoms with E-state index in [4.69, 9.17) is 0 Å². The number of nitrogens with zero attached hydrogens (tertiary/aromatic N) is 1. The van der Waals surface area contributed by atoms with Gasteiger partial charge in [-0.2, -0.15) is 0 Å². The first-order valence-electron chi connectivity index (χ1n) is 12.5. The molecule has 1 aromatic rings. The van der Waals surface area contributed by atoms with E-state index >= 15 is 0 Å². The van der Waals surface area contributed by atoms with Crippen LogP contribution in [-0.2, 0) is 9.59 Å². The first-order chi connectivity index (χ1) is 14.9. The van der Waals surface area contributed by atoms with Gasteiger partial charge in [0.1, 0.15) is 0 Å². The lowest BCUT2D eigenvalue weighted by molar-refractivity contribution is -0.125. The molecule has 0 aromatic carbocycles. The molecule has 5 rings (SSSR count). The van der Waals surface area contributed by atoms with E-state index < -0.39 is 0 Å². The number of rotatable bonds is 4. The first kappa shape index (κ1) is 21.9. The van der Waals surface area contributed by atoms with Crippen LogP contribution in [0.1, 0.15) is 80.1 Å². The van der Waals surface area contributed by atoms with Crippen molar-refractivity contribution in [1.82, 2.24) is 4.98 Å². The molecule has 5 heteroatoms. The van der Waals surface area contributed by atoms with Gasteiger partial charge in [-0.25, -0.2) is 0 Å². The zero-order valence-electron chi connectivity index (χ0n) is 20.5. The standard InChI is InChI=1S/C27H39N3O2/c1-24(2)16-7-10-26(24,5)18(13-16)22(31)29-20-9-12-28-15-21(20)30-23(32)19-14-17-8-11-27(19,6)25(17,3)4/h9,12,15-19H,7-8,10-11,13-14H2,1-6H3,(H,30,32)(H,28,29,31). The highest BCUT2D eigenvalue weighted by molar-refractivity contribution is 6.01. The fourth-order valence-electron chi connectivity index (χ4n) is 8.24. The summed E-state index contributed by atoms with van der Waals surface area (Å²) in [5, 5.41) is 6.30. The number of hydrogen-bond acceptors (Lipinski definition) is 3. The van der Waals surface area contributed by atoms with Crippen molar-refractivity contribution in [3.8, 4) is 0 Å². The minimum atomic E-state index is 0.00489. The van der Waals surface area contributed by atoms with Gasteiger partial charge in [0.2, 0.25) is 11.8 Å². The molecule has 4 aliphatic carbocycles. The molecule has 32 heavy (non-hydrogen) atoms. The van der Waals surface area contributed by atoms with Gasteiger partial charge in [-0.1, -0.05) is 41.5 Å². The summed E-state index contributed by atoms with van der Waals surface area (Å²) in [5.41, 5.74) is 1.70. The monoisotopic (exact) mass is 437 g/mol. The van der Waals surface area contributed by atoms with Crippen LogP contribution in [0.15, 0.2) is 18.5 Å². The molecule has 4 saturated carbocycles. The van der Waals surface area contributed by atoms with Crippen LogP contribution in [0.3, 0.4) is 0 Å². The number of aromatic nitrogens is 1. The first-order valence-corrected chi connectivity index (χ1v) is 12.5. The molecule has 1 aromatic heterocycles. The SMILES string of the molecule is CC1(C)C2CCC1(C)C(C(=O)Nc1ccncc1NC(=O)C1CC3CCC1(C)C3(C)C)C2. The molecule has 6 unspecified atom stereocenters. The topological polar surface area (TPSA) is 71.1 Å². The van der Waals surface area contributed by atoms with E-state index in [9.17, 15) is 9.59 Å². The Hall–Kier alpha value is -1.91. The van der Waals surface area contributed by atoms with Gasteiger partial charge in [-0.15, -0.1) is 0 Å². The number of carbonyl (C=O) groups is 2. The summed E-state index contributed by atoms with van der Waals surface area (Å²) in [6.07, 6.45) is 9.92. The maximum Gasteiger partial charge on any atom is 0.228 e. The van der Waals surface area contributed by atoms with Gasteiger partial charge in [-0.3, -0.25) is 14.6 Å². The number of anilines is 2. The fourth-order valence-corrected chi connectivity index (χ4v) is 8.24. The third-order valence-corrected chi connectivity index (χ3v) is 11.6. The van der Waals surface area contributed by atoms with Gasteiger partial charge in [0.15, 0.2) is 0 Å². The van der Waals surface area contributed by atoms with E-state index in [1.807, 2.05) is 0 Å². The largest absolute Gasteiger partial charge is 0.324 e. The third-order valence-electron chi connectivity index (χ3n) is 11.6. The molecule has 1 heterocycles. The van der Waals surface area contributed by atoms with Crippen LogP contribution in [0.4, 0.5) is 11.4 Å². The fraction of sp³-hybridized carbons (Fsp3) is 0.741. The second-order valence-corrected chi connectivity index (χ2v) is 12.7. The number of fused-ring (bicyclic) bond motifs is 4. The summed E-state index contributed by atoms with van der Waals surface area (Å²) >= 11 is 0. The summed E-state index contributed by atoms with van der Waals surface area (Å²) in [7, 11) is 0. The van der Waals surface area contributed by atoms with Crippen LogP contribution in [0.25, 0.3) is 0 Å². The molecule has 4 fully saturated rings. The van der Waals surface area contributed by atoms with Gasteiger partial charge in [-0.05, 0) is 78.1 Å². The number of amides is 2. The molecular formula is C27H39N3O2. The molecule has 2 amide bonds. The molecular weight excluding hydrogens is 398 g/mol. The Balaban J connectivity index is 1.33. The number of pyridine rings is 1. The maximum atomic E-state index is 13.4. The normalized spacial score (nSPS) is 40.4. The van der Waals surface area contributed by atoms with Crippen molar-refractivity contribution in [2.75, 3.05) is 10.6 Å². The minimum Gasteiger partial charge on any atom is -0.324 e. The van der Waals surface area contributed by atoms with Crippen molar-refractivity contribution in [1.29, 1.82) is 0 Å². The van der Waals surface area contributed by atoms with Gasteiger partial charge < -0.3 is 10.6 Å². The van der Waals surface area contributed by atoms with Crippen molar-refractivity contribution >= 4 is 23.2 Å². The zero-order valence-corrected chi connectivity index (χ0v) is 20.5. The predicted molar refractivity (Wildman–Crippen MR) is 127 cm³/mol. The molecule has 0 radical (unpaired) electrons. The molecule has 174 valence electrons. The van der Waals surface area contributed by atoms with Gasteiger partial charge >= 0.3 is 0 Å². The van der Waals surface area contributed by atoms with Gasteiger partial charge in [0, 0.05) is 18.0 Å². The van der Waals surface area contributed by atoms with Gasteiger partial charge in [0.05, 0.1) is 17.6 Å². The van der Waals surface area contributed by atoms with Crippen LogP contribution in [-0.4, -0.2) is 16.8 Å². The highest BCUT2D eigenvalue weighted by Gasteiger charge is 2.64. The summed E-state index contributed by atoms with van der Waals surface area (Å²) in [6.45, 7) is 13.9. The average molecular weight is 438 g/mol. The number of nitrogens with one attached hydrogen (secondary N) is 2. The lowest BCUT2D eigenvalue weighted by Crippen LogP contribution is -2.39. The summed E-state index contributed by atoms with van der Waals surface area (Å²) in [6, 6.07) is 1.81. The molecule has 0 saturated heterocycles.